The lowest BCUT2D eigenvalue weighted by Gasteiger charge is -2.02. The van der Waals surface area contributed by atoms with E-state index in [1.54, 1.807) is 4.68 Å². The van der Waals surface area contributed by atoms with Crippen LogP contribution in [0.4, 0.5) is 0 Å². The van der Waals surface area contributed by atoms with Crippen molar-refractivity contribution in [2.45, 2.75) is 13.5 Å². The molecule has 72 valence electrons. The quantitative estimate of drug-likeness (QED) is 0.728. The predicted molar refractivity (Wildman–Crippen MR) is 50.5 cm³/mol. The van der Waals surface area contributed by atoms with Crippen LogP contribution in [0.25, 0.3) is 0 Å². The molecule has 0 radical (unpaired) electrons. The molecule has 1 rings (SSSR count). The highest BCUT2D eigenvalue weighted by Gasteiger charge is 2.03. The van der Waals surface area contributed by atoms with Gasteiger partial charge in [0.2, 0.25) is 5.91 Å². The molecule has 0 aromatic carbocycles. The zero-order valence-electron chi connectivity index (χ0n) is 7.67. The highest BCUT2D eigenvalue weighted by Crippen LogP contribution is 2.00. The molecule has 4 nitrogen and oxygen atoms in total. The second-order valence-corrected chi connectivity index (χ2v) is 3.08. The summed E-state index contributed by atoms with van der Waals surface area (Å²) in [5, 5.41) is 6.82. The van der Waals surface area contributed by atoms with Crippen molar-refractivity contribution in [2.75, 3.05) is 5.88 Å². The average molecular weight is 202 g/mol. The van der Waals surface area contributed by atoms with Gasteiger partial charge in [-0.3, -0.25) is 9.48 Å². The van der Waals surface area contributed by atoms with E-state index in [1.165, 1.54) is 0 Å². The monoisotopic (exact) mass is 201 g/mol. The number of carbonyl (C=O) groups excluding carboxylic acids is 1. The van der Waals surface area contributed by atoms with Crippen molar-refractivity contribution in [3.8, 4) is 0 Å². The molecule has 1 aromatic heterocycles. The number of amides is 1. The first kappa shape index (κ1) is 10.1. The van der Waals surface area contributed by atoms with Crippen LogP contribution in [0.15, 0.2) is 6.07 Å². The number of hydrogen-bond donors (Lipinski definition) is 1. The standard InChI is InChI=1S/C8H12ClN3O/c1-6-3-7(12(2)11-6)5-10-8(13)4-9/h3H,4-5H2,1-2H3,(H,10,13). The van der Waals surface area contributed by atoms with E-state index in [9.17, 15) is 4.79 Å². The lowest BCUT2D eigenvalue weighted by atomic mass is 10.3. The van der Waals surface area contributed by atoms with Crippen LogP contribution in [-0.2, 0) is 18.4 Å². The van der Waals surface area contributed by atoms with Crippen molar-refractivity contribution in [3.05, 3.63) is 17.5 Å². The minimum absolute atomic E-state index is 0.00314. The number of rotatable bonds is 3. The van der Waals surface area contributed by atoms with Crippen LogP contribution in [0.3, 0.4) is 0 Å². The van der Waals surface area contributed by atoms with Crippen LogP contribution in [-0.4, -0.2) is 21.6 Å². The molecule has 0 aliphatic heterocycles. The molecule has 0 unspecified atom stereocenters. The Morgan fingerprint density at radius 1 is 1.77 bits per heavy atom. The van der Waals surface area contributed by atoms with Gasteiger partial charge in [0, 0.05) is 7.05 Å². The Kier molecular flexibility index (Phi) is 3.31. The zero-order chi connectivity index (χ0) is 9.84. The first-order valence-electron chi connectivity index (χ1n) is 3.95. The van der Waals surface area contributed by atoms with Crippen LogP contribution >= 0.6 is 11.6 Å². The number of aryl methyl sites for hydroxylation is 2. The minimum atomic E-state index is -0.166. The van der Waals surface area contributed by atoms with Gasteiger partial charge in [0.25, 0.3) is 0 Å². The number of halogens is 1. The van der Waals surface area contributed by atoms with E-state index in [0.717, 1.165) is 11.4 Å². The molecule has 0 atom stereocenters. The maximum atomic E-state index is 10.8. The van der Waals surface area contributed by atoms with Crippen LogP contribution < -0.4 is 5.32 Å². The average Bonchev–Trinajstić information content (AvgIpc) is 2.41. The van der Waals surface area contributed by atoms with Crippen molar-refractivity contribution in [3.63, 3.8) is 0 Å². The fourth-order valence-electron chi connectivity index (χ4n) is 1.07. The Labute approximate surface area is 81.9 Å². The minimum Gasteiger partial charge on any atom is -0.349 e. The Morgan fingerprint density at radius 2 is 2.46 bits per heavy atom. The molecule has 0 saturated heterocycles. The first-order valence-corrected chi connectivity index (χ1v) is 4.49. The van der Waals surface area contributed by atoms with Crippen molar-refractivity contribution in [1.29, 1.82) is 0 Å². The molecular formula is C8H12ClN3O. The number of nitrogens with zero attached hydrogens (tertiary/aromatic N) is 2. The molecule has 1 amide bonds. The molecule has 5 heteroatoms. The summed E-state index contributed by atoms with van der Waals surface area (Å²) in [4.78, 5) is 10.8. The summed E-state index contributed by atoms with van der Waals surface area (Å²) in [6.45, 7) is 2.38. The van der Waals surface area contributed by atoms with Gasteiger partial charge < -0.3 is 5.32 Å². The van der Waals surface area contributed by atoms with Gasteiger partial charge in [-0.2, -0.15) is 5.10 Å². The lowest BCUT2D eigenvalue weighted by Crippen LogP contribution is -2.24. The molecule has 1 aromatic rings. The predicted octanol–water partition coefficient (Wildman–Crippen LogP) is 0.584. The fraction of sp³-hybridized carbons (Fsp3) is 0.500. The third-order valence-electron chi connectivity index (χ3n) is 1.69. The van der Waals surface area contributed by atoms with Gasteiger partial charge in [-0.1, -0.05) is 0 Å². The summed E-state index contributed by atoms with van der Waals surface area (Å²) in [7, 11) is 1.84. The summed E-state index contributed by atoms with van der Waals surface area (Å²) in [6, 6.07) is 1.93. The molecule has 0 fully saturated rings. The fourth-order valence-corrected chi connectivity index (χ4v) is 1.16. The number of nitrogens with one attached hydrogen (secondary N) is 1. The van der Waals surface area contributed by atoms with Crippen LogP contribution in [0.2, 0.25) is 0 Å². The molecular weight excluding hydrogens is 190 g/mol. The Hall–Kier alpha value is -1.03. The first-order chi connectivity index (χ1) is 6.13. The SMILES string of the molecule is Cc1cc(CNC(=O)CCl)n(C)n1. The molecule has 1 heterocycles. The van der Waals surface area contributed by atoms with E-state index in [-0.39, 0.29) is 11.8 Å². The lowest BCUT2D eigenvalue weighted by molar-refractivity contribution is -0.118. The molecule has 0 saturated carbocycles. The van der Waals surface area contributed by atoms with E-state index >= 15 is 0 Å². The number of aromatic nitrogens is 2. The van der Waals surface area contributed by atoms with Crippen LogP contribution in [0.5, 0.6) is 0 Å². The van der Waals surface area contributed by atoms with Gasteiger partial charge in [0.15, 0.2) is 0 Å². The van der Waals surface area contributed by atoms with E-state index in [1.807, 2.05) is 20.0 Å². The third-order valence-corrected chi connectivity index (χ3v) is 1.93. The highest BCUT2D eigenvalue weighted by atomic mass is 35.5. The van der Waals surface area contributed by atoms with Gasteiger partial charge in [-0.05, 0) is 13.0 Å². The molecule has 0 aliphatic rings. The zero-order valence-corrected chi connectivity index (χ0v) is 8.43. The topological polar surface area (TPSA) is 46.9 Å². The summed E-state index contributed by atoms with van der Waals surface area (Å²) in [5.74, 6) is -0.169. The third kappa shape index (κ3) is 2.73. The molecule has 0 spiro atoms. The summed E-state index contributed by atoms with van der Waals surface area (Å²) >= 11 is 5.33. The molecule has 0 aliphatic carbocycles. The Morgan fingerprint density at radius 3 is 2.92 bits per heavy atom. The van der Waals surface area contributed by atoms with Crippen molar-refractivity contribution < 1.29 is 4.79 Å². The molecule has 0 bridgehead atoms. The molecule has 13 heavy (non-hydrogen) atoms. The smallest absolute Gasteiger partial charge is 0.235 e. The summed E-state index contributed by atoms with van der Waals surface area (Å²) in [5.41, 5.74) is 1.91. The van der Waals surface area contributed by atoms with Gasteiger partial charge in [0.1, 0.15) is 5.88 Å². The van der Waals surface area contributed by atoms with Crippen molar-refractivity contribution in [1.82, 2.24) is 15.1 Å². The highest BCUT2D eigenvalue weighted by molar-refractivity contribution is 6.27. The number of alkyl halides is 1. The van der Waals surface area contributed by atoms with Gasteiger partial charge in [0.05, 0.1) is 17.9 Å². The number of hydrogen-bond acceptors (Lipinski definition) is 2. The summed E-state index contributed by atoms with van der Waals surface area (Å²) in [6.07, 6.45) is 0. The van der Waals surface area contributed by atoms with E-state index in [2.05, 4.69) is 10.4 Å². The van der Waals surface area contributed by atoms with Gasteiger partial charge >= 0.3 is 0 Å². The maximum Gasteiger partial charge on any atom is 0.235 e. The van der Waals surface area contributed by atoms with Crippen molar-refractivity contribution >= 4 is 17.5 Å². The second kappa shape index (κ2) is 4.28. The summed E-state index contributed by atoms with van der Waals surface area (Å²) < 4.78 is 1.74. The van der Waals surface area contributed by atoms with E-state index in [0.29, 0.717) is 6.54 Å². The van der Waals surface area contributed by atoms with Crippen molar-refractivity contribution in [2.24, 2.45) is 7.05 Å². The van der Waals surface area contributed by atoms with E-state index < -0.39 is 0 Å². The maximum absolute atomic E-state index is 10.8. The normalized spacial score (nSPS) is 10.1. The van der Waals surface area contributed by atoms with Gasteiger partial charge in [-0.15, -0.1) is 11.6 Å². The number of carbonyl (C=O) groups is 1. The van der Waals surface area contributed by atoms with Gasteiger partial charge in [-0.25, -0.2) is 0 Å². The largest absolute Gasteiger partial charge is 0.349 e. The molecule has 1 N–H and O–H groups in total. The second-order valence-electron chi connectivity index (χ2n) is 2.81. The van der Waals surface area contributed by atoms with Crippen LogP contribution in [0.1, 0.15) is 11.4 Å². The van der Waals surface area contributed by atoms with Crippen LogP contribution in [0, 0.1) is 6.92 Å². The Balaban J connectivity index is 2.54. The Bertz CT molecular complexity index is 308. The van der Waals surface area contributed by atoms with E-state index in [4.69, 9.17) is 11.6 Å².